The summed E-state index contributed by atoms with van der Waals surface area (Å²) in [5, 5.41) is 19.0. The van der Waals surface area contributed by atoms with Gasteiger partial charge in [0.1, 0.15) is 5.75 Å². The average Bonchev–Trinajstić information content (AvgIpc) is 2.47. The maximum absolute atomic E-state index is 10.9. The van der Waals surface area contributed by atoms with Crippen molar-refractivity contribution >= 4 is 27.4 Å². The van der Waals surface area contributed by atoms with Gasteiger partial charge in [-0.2, -0.15) is 0 Å². The van der Waals surface area contributed by atoms with E-state index >= 15 is 0 Å². The number of rotatable bonds is 1. The van der Waals surface area contributed by atoms with Gasteiger partial charge in [0, 0.05) is 10.3 Å². The zero-order chi connectivity index (χ0) is 10.3. The van der Waals surface area contributed by atoms with E-state index in [9.17, 15) is 9.90 Å². The third kappa shape index (κ3) is 1.24. The van der Waals surface area contributed by atoms with Gasteiger partial charge in [-0.25, -0.2) is 4.79 Å². The molecule has 0 fully saturated rings. The number of fused-ring (bicyclic) bond motifs is 1. The molecule has 0 radical (unpaired) electrons. The lowest BCUT2D eigenvalue weighted by Crippen LogP contribution is -1.95. The van der Waals surface area contributed by atoms with Gasteiger partial charge in [0.2, 0.25) is 0 Å². The van der Waals surface area contributed by atoms with Gasteiger partial charge < -0.3 is 10.2 Å². The molecule has 1 aromatic carbocycles. The van der Waals surface area contributed by atoms with Crippen molar-refractivity contribution in [2.24, 2.45) is 0 Å². The Morgan fingerprint density at radius 1 is 1.43 bits per heavy atom. The van der Waals surface area contributed by atoms with Crippen LogP contribution in [0.1, 0.15) is 15.2 Å². The molecular formula is C10H8O3S. The molecular weight excluding hydrogens is 200 g/mol. The third-order valence-corrected chi connectivity index (χ3v) is 3.10. The van der Waals surface area contributed by atoms with Crippen LogP contribution in [-0.2, 0) is 0 Å². The van der Waals surface area contributed by atoms with E-state index in [0.717, 1.165) is 4.88 Å². The smallest absolute Gasteiger partial charge is 0.337 e. The van der Waals surface area contributed by atoms with E-state index in [4.69, 9.17) is 5.11 Å². The fourth-order valence-corrected chi connectivity index (χ4v) is 2.44. The number of aromatic carboxylic acids is 1. The molecule has 2 aromatic rings. The SMILES string of the molecule is Cc1cc2c(O)ccc(C(=O)O)c2s1. The molecule has 0 aliphatic carbocycles. The molecule has 72 valence electrons. The fraction of sp³-hybridized carbons (Fsp3) is 0.100. The van der Waals surface area contributed by atoms with Crippen molar-refractivity contribution in [2.75, 3.05) is 0 Å². The molecule has 2 rings (SSSR count). The van der Waals surface area contributed by atoms with E-state index in [1.165, 1.54) is 23.5 Å². The van der Waals surface area contributed by atoms with Gasteiger partial charge in [0.25, 0.3) is 0 Å². The highest BCUT2D eigenvalue weighted by Crippen LogP contribution is 2.34. The standard InChI is InChI=1S/C10H8O3S/c1-5-4-7-8(11)3-2-6(10(12)13)9(7)14-5/h2-4,11H,1H3,(H,12,13). The second-order valence-electron chi connectivity index (χ2n) is 3.04. The van der Waals surface area contributed by atoms with E-state index in [1.54, 1.807) is 6.07 Å². The maximum Gasteiger partial charge on any atom is 0.337 e. The summed E-state index contributed by atoms with van der Waals surface area (Å²) in [6.45, 7) is 1.88. The lowest BCUT2D eigenvalue weighted by molar-refractivity contribution is 0.0699. The predicted molar refractivity (Wildman–Crippen MR) is 55.2 cm³/mol. The van der Waals surface area contributed by atoms with Gasteiger partial charge in [-0.1, -0.05) is 0 Å². The van der Waals surface area contributed by atoms with Crippen molar-refractivity contribution in [1.29, 1.82) is 0 Å². The van der Waals surface area contributed by atoms with Gasteiger partial charge in [0.15, 0.2) is 0 Å². The van der Waals surface area contributed by atoms with Gasteiger partial charge >= 0.3 is 5.97 Å². The number of hydrogen-bond acceptors (Lipinski definition) is 3. The first-order valence-electron chi connectivity index (χ1n) is 4.05. The molecule has 0 spiro atoms. The van der Waals surface area contributed by atoms with E-state index in [0.29, 0.717) is 10.1 Å². The van der Waals surface area contributed by atoms with E-state index in [2.05, 4.69) is 0 Å². The molecule has 2 N–H and O–H groups in total. The molecule has 0 bridgehead atoms. The highest BCUT2D eigenvalue weighted by Gasteiger charge is 2.13. The number of thiophene rings is 1. The van der Waals surface area contributed by atoms with Crippen LogP contribution in [0, 0.1) is 6.92 Å². The van der Waals surface area contributed by atoms with Crippen LogP contribution in [0.25, 0.3) is 10.1 Å². The second-order valence-corrected chi connectivity index (χ2v) is 4.29. The molecule has 3 nitrogen and oxygen atoms in total. The third-order valence-electron chi connectivity index (χ3n) is 2.01. The lowest BCUT2D eigenvalue weighted by atomic mass is 10.1. The Kier molecular flexibility index (Phi) is 1.93. The summed E-state index contributed by atoms with van der Waals surface area (Å²) < 4.78 is 0.634. The maximum atomic E-state index is 10.9. The second kappa shape index (κ2) is 2.99. The highest BCUT2D eigenvalue weighted by atomic mass is 32.1. The number of hydrogen-bond donors (Lipinski definition) is 2. The van der Waals surface area contributed by atoms with E-state index in [1.807, 2.05) is 6.92 Å². The van der Waals surface area contributed by atoms with Gasteiger partial charge in [-0.05, 0) is 25.1 Å². The predicted octanol–water partition coefficient (Wildman–Crippen LogP) is 2.61. The Labute approximate surface area is 84.2 Å². The molecule has 1 aromatic heterocycles. The molecule has 0 aliphatic heterocycles. The van der Waals surface area contributed by atoms with Crippen molar-refractivity contribution in [3.05, 3.63) is 28.6 Å². The minimum absolute atomic E-state index is 0.134. The van der Waals surface area contributed by atoms with Crippen molar-refractivity contribution < 1.29 is 15.0 Å². The van der Waals surface area contributed by atoms with Crippen LogP contribution in [-0.4, -0.2) is 16.2 Å². The Morgan fingerprint density at radius 2 is 2.14 bits per heavy atom. The van der Waals surface area contributed by atoms with Crippen LogP contribution in [0.4, 0.5) is 0 Å². The summed E-state index contributed by atoms with van der Waals surface area (Å²) in [4.78, 5) is 11.9. The first kappa shape index (κ1) is 9.02. The summed E-state index contributed by atoms with van der Waals surface area (Å²) in [5.41, 5.74) is 0.246. The molecule has 4 heteroatoms. The fourth-order valence-electron chi connectivity index (χ4n) is 1.40. The van der Waals surface area contributed by atoms with Crippen LogP contribution in [0.5, 0.6) is 5.75 Å². The largest absolute Gasteiger partial charge is 0.507 e. The first-order valence-corrected chi connectivity index (χ1v) is 4.86. The number of benzene rings is 1. The van der Waals surface area contributed by atoms with Crippen LogP contribution < -0.4 is 0 Å². The number of aromatic hydroxyl groups is 1. The number of aryl methyl sites for hydroxylation is 1. The average molecular weight is 208 g/mol. The number of carboxylic acid groups (broad SMARTS) is 1. The summed E-state index contributed by atoms with van der Waals surface area (Å²) in [5.74, 6) is -0.828. The van der Waals surface area contributed by atoms with E-state index in [-0.39, 0.29) is 11.3 Å². The summed E-state index contributed by atoms with van der Waals surface area (Å²) in [7, 11) is 0. The number of carbonyl (C=O) groups is 1. The Bertz CT molecular complexity index is 513. The Balaban J connectivity index is 2.87. The highest BCUT2D eigenvalue weighted by molar-refractivity contribution is 7.19. The molecule has 0 saturated heterocycles. The monoisotopic (exact) mass is 208 g/mol. The van der Waals surface area contributed by atoms with Gasteiger partial charge in [-0.15, -0.1) is 11.3 Å². The number of phenols is 1. The molecule has 14 heavy (non-hydrogen) atoms. The Hall–Kier alpha value is -1.55. The van der Waals surface area contributed by atoms with Crippen molar-refractivity contribution in [3.63, 3.8) is 0 Å². The topological polar surface area (TPSA) is 57.5 Å². The van der Waals surface area contributed by atoms with Crippen LogP contribution in [0.2, 0.25) is 0 Å². The molecule has 0 amide bonds. The summed E-state index contributed by atoms with van der Waals surface area (Å²) >= 11 is 1.38. The zero-order valence-electron chi connectivity index (χ0n) is 7.44. The molecule has 0 saturated carbocycles. The Morgan fingerprint density at radius 3 is 2.79 bits per heavy atom. The van der Waals surface area contributed by atoms with Crippen LogP contribution >= 0.6 is 11.3 Å². The molecule has 0 aliphatic rings. The lowest BCUT2D eigenvalue weighted by Gasteiger charge is -1.98. The summed E-state index contributed by atoms with van der Waals surface area (Å²) in [6, 6.07) is 4.63. The number of phenolic OH excluding ortho intramolecular Hbond substituents is 1. The normalized spacial score (nSPS) is 10.6. The minimum Gasteiger partial charge on any atom is -0.507 e. The van der Waals surface area contributed by atoms with Gasteiger partial charge in [-0.3, -0.25) is 0 Å². The first-order chi connectivity index (χ1) is 6.59. The van der Waals surface area contributed by atoms with Crippen molar-refractivity contribution in [3.8, 4) is 5.75 Å². The van der Waals surface area contributed by atoms with Crippen LogP contribution in [0.3, 0.4) is 0 Å². The van der Waals surface area contributed by atoms with E-state index < -0.39 is 5.97 Å². The van der Waals surface area contributed by atoms with Crippen molar-refractivity contribution in [1.82, 2.24) is 0 Å². The quantitative estimate of drug-likeness (QED) is 0.757. The molecule has 0 atom stereocenters. The zero-order valence-corrected chi connectivity index (χ0v) is 8.26. The molecule has 0 unspecified atom stereocenters. The van der Waals surface area contributed by atoms with Crippen LogP contribution in [0.15, 0.2) is 18.2 Å². The summed E-state index contributed by atoms with van der Waals surface area (Å²) in [6.07, 6.45) is 0. The van der Waals surface area contributed by atoms with Gasteiger partial charge in [0.05, 0.1) is 10.3 Å². The van der Waals surface area contributed by atoms with Crippen molar-refractivity contribution in [2.45, 2.75) is 6.92 Å². The molecule has 1 heterocycles. The minimum atomic E-state index is -0.961. The number of carboxylic acids is 1.